The zero-order valence-electron chi connectivity index (χ0n) is 9.82. The molecular weight excluding hydrogens is 216 g/mol. The van der Waals surface area contributed by atoms with Gasteiger partial charge in [-0.05, 0) is 19.4 Å². The molecule has 1 atom stereocenters. The molecule has 0 fully saturated rings. The minimum atomic E-state index is 0.370. The summed E-state index contributed by atoms with van der Waals surface area (Å²) in [7, 11) is 0. The second-order valence-corrected chi connectivity index (χ2v) is 5.20. The lowest BCUT2D eigenvalue weighted by Crippen LogP contribution is -1.95. The predicted molar refractivity (Wildman–Crippen MR) is 70.0 cm³/mol. The summed E-state index contributed by atoms with van der Waals surface area (Å²) in [6.07, 6.45) is 0. The van der Waals surface area contributed by atoms with Crippen LogP contribution in [0.4, 0.5) is 5.13 Å². The standard InChI is InChI=1S/C13H16N2S/c1-8-5-4-6-11(7-8)9(2)12-10(3)15-13(14)16-12/h4-7,9H,1-3H3,(H2,14,15). The van der Waals surface area contributed by atoms with E-state index in [4.69, 9.17) is 5.73 Å². The van der Waals surface area contributed by atoms with Crippen LogP contribution in [0.5, 0.6) is 0 Å². The molecule has 0 spiro atoms. The number of hydrogen-bond acceptors (Lipinski definition) is 3. The highest BCUT2D eigenvalue weighted by Gasteiger charge is 2.15. The van der Waals surface area contributed by atoms with E-state index in [0.717, 1.165) is 5.69 Å². The summed E-state index contributed by atoms with van der Waals surface area (Å²) in [5, 5.41) is 0.659. The summed E-state index contributed by atoms with van der Waals surface area (Å²) in [4.78, 5) is 5.54. The molecule has 1 unspecified atom stereocenters. The number of aryl methyl sites for hydroxylation is 2. The third-order valence-corrected chi connectivity index (χ3v) is 3.95. The van der Waals surface area contributed by atoms with E-state index in [1.165, 1.54) is 16.0 Å². The number of rotatable bonds is 2. The Morgan fingerprint density at radius 1 is 1.31 bits per heavy atom. The molecule has 0 aliphatic rings. The summed E-state index contributed by atoms with van der Waals surface area (Å²) < 4.78 is 0. The van der Waals surface area contributed by atoms with E-state index in [1.807, 2.05) is 6.92 Å². The second-order valence-electron chi connectivity index (χ2n) is 4.14. The first kappa shape index (κ1) is 11.1. The Hall–Kier alpha value is -1.35. The van der Waals surface area contributed by atoms with Gasteiger partial charge in [0.1, 0.15) is 0 Å². The van der Waals surface area contributed by atoms with Gasteiger partial charge in [-0.1, -0.05) is 36.8 Å². The lowest BCUT2D eigenvalue weighted by atomic mass is 9.97. The number of nitrogens with zero attached hydrogens (tertiary/aromatic N) is 1. The largest absolute Gasteiger partial charge is 0.375 e. The van der Waals surface area contributed by atoms with Gasteiger partial charge in [0.05, 0.1) is 5.69 Å². The number of anilines is 1. The number of hydrogen-bond donors (Lipinski definition) is 1. The lowest BCUT2D eigenvalue weighted by molar-refractivity contribution is 0.925. The highest BCUT2D eigenvalue weighted by atomic mass is 32.1. The molecule has 0 aliphatic carbocycles. The number of nitrogen functional groups attached to an aromatic ring is 1. The van der Waals surface area contributed by atoms with Crippen LogP contribution in [0.15, 0.2) is 24.3 Å². The van der Waals surface area contributed by atoms with Crippen molar-refractivity contribution in [3.8, 4) is 0 Å². The van der Waals surface area contributed by atoms with Crippen molar-refractivity contribution in [1.82, 2.24) is 4.98 Å². The molecule has 0 saturated heterocycles. The maximum absolute atomic E-state index is 5.73. The third kappa shape index (κ3) is 2.09. The van der Waals surface area contributed by atoms with Crippen LogP contribution in [-0.2, 0) is 0 Å². The Labute approximate surface area is 100 Å². The van der Waals surface area contributed by atoms with Crippen molar-refractivity contribution in [3.63, 3.8) is 0 Å². The average molecular weight is 232 g/mol. The number of aromatic nitrogens is 1. The van der Waals surface area contributed by atoms with Gasteiger partial charge in [0.15, 0.2) is 5.13 Å². The maximum Gasteiger partial charge on any atom is 0.180 e. The van der Waals surface area contributed by atoms with Gasteiger partial charge < -0.3 is 5.73 Å². The van der Waals surface area contributed by atoms with Crippen LogP contribution >= 0.6 is 11.3 Å². The monoisotopic (exact) mass is 232 g/mol. The summed E-state index contributed by atoms with van der Waals surface area (Å²) in [5.74, 6) is 0.370. The molecule has 1 aromatic carbocycles. The van der Waals surface area contributed by atoms with Crippen molar-refractivity contribution in [2.75, 3.05) is 5.73 Å². The quantitative estimate of drug-likeness (QED) is 0.860. The van der Waals surface area contributed by atoms with E-state index in [-0.39, 0.29) is 0 Å². The van der Waals surface area contributed by atoms with Crippen molar-refractivity contribution in [1.29, 1.82) is 0 Å². The van der Waals surface area contributed by atoms with Gasteiger partial charge >= 0.3 is 0 Å². The Balaban J connectivity index is 2.38. The van der Waals surface area contributed by atoms with Crippen LogP contribution in [0.25, 0.3) is 0 Å². The molecule has 3 heteroatoms. The Kier molecular flexibility index (Phi) is 2.97. The van der Waals surface area contributed by atoms with Gasteiger partial charge in [-0.25, -0.2) is 4.98 Å². The minimum Gasteiger partial charge on any atom is -0.375 e. The van der Waals surface area contributed by atoms with E-state index < -0.39 is 0 Å². The molecule has 0 aliphatic heterocycles. The molecule has 2 N–H and O–H groups in total. The summed E-state index contributed by atoms with van der Waals surface area (Å²) >= 11 is 1.59. The third-order valence-electron chi connectivity index (χ3n) is 2.78. The first-order valence-corrected chi connectivity index (χ1v) is 6.19. The van der Waals surface area contributed by atoms with E-state index in [0.29, 0.717) is 11.0 Å². The van der Waals surface area contributed by atoms with Crippen molar-refractivity contribution >= 4 is 16.5 Å². The molecular formula is C13H16N2S. The lowest BCUT2D eigenvalue weighted by Gasteiger charge is -2.11. The molecule has 1 aromatic heterocycles. The minimum absolute atomic E-state index is 0.370. The van der Waals surface area contributed by atoms with Crippen molar-refractivity contribution in [2.24, 2.45) is 0 Å². The van der Waals surface area contributed by atoms with Gasteiger partial charge in [0.25, 0.3) is 0 Å². The maximum atomic E-state index is 5.73. The molecule has 0 radical (unpaired) electrons. The first-order valence-electron chi connectivity index (χ1n) is 5.37. The average Bonchev–Trinajstić information content (AvgIpc) is 2.57. The summed E-state index contributed by atoms with van der Waals surface area (Å²) in [5.41, 5.74) is 9.40. The van der Waals surface area contributed by atoms with Gasteiger partial charge in [-0.3, -0.25) is 0 Å². The SMILES string of the molecule is Cc1cccc(C(C)c2sc(N)nc2C)c1. The number of benzene rings is 1. The molecule has 2 rings (SSSR count). The number of nitrogens with two attached hydrogens (primary N) is 1. The van der Waals surface area contributed by atoms with Crippen LogP contribution < -0.4 is 5.73 Å². The van der Waals surface area contributed by atoms with Gasteiger partial charge in [-0.15, -0.1) is 11.3 Å². The number of thiazole rings is 1. The van der Waals surface area contributed by atoms with Gasteiger partial charge in [0, 0.05) is 10.8 Å². The zero-order valence-corrected chi connectivity index (χ0v) is 10.6. The molecule has 0 saturated carbocycles. The summed E-state index contributed by atoms with van der Waals surface area (Å²) in [6.45, 7) is 6.34. The van der Waals surface area contributed by atoms with E-state index in [2.05, 4.69) is 43.1 Å². The highest BCUT2D eigenvalue weighted by Crippen LogP contribution is 2.32. The van der Waals surface area contributed by atoms with Crippen molar-refractivity contribution < 1.29 is 0 Å². The van der Waals surface area contributed by atoms with E-state index >= 15 is 0 Å². The highest BCUT2D eigenvalue weighted by molar-refractivity contribution is 7.15. The molecule has 1 heterocycles. The zero-order chi connectivity index (χ0) is 11.7. The molecule has 2 aromatic rings. The van der Waals surface area contributed by atoms with Gasteiger partial charge in [-0.2, -0.15) is 0 Å². The van der Waals surface area contributed by atoms with Crippen LogP contribution in [0, 0.1) is 13.8 Å². The Morgan fingerprint density at radius 3 is 2.62 bits per heavy atom. The molecule has 84 valence electrons. The molecule has 16 heavy (non-hydrogen) atoms. The van der Waals surface area contributed by atoms with E-state index in [1.54, 1.807) is 11.3 Å². The van der Waals surface area contributed by atoms with Gasteiger partial charge in [0.2, 0.25) is 0 Å². The Morgan fingerprint density at radius 2 is 2.06 bits per heavy atom. The fourth-order valence-electron chi connectivity index (χ4n) is 1.92. The fraction of sp³-hybridized carbons (Fsp3) is 0.308. The smallest absolute Gasteiger partial charge is 0.180 e. The van der Waals surface area contributed by atoms with E-state index in [9.17, 15) is 0 Å². The topological polar surface area (TPSA) is 38.9 Å². The molecule has 0 bridgehead atoms. The Bertz CT molecular complexity index is 502. The van der Waals surface area contributed by atoms with Crippen LogP contribution in [0.1, 0.15) is 34.5 Å². The summed E-state index contributed by atoms with van der Waals surface area (Å²) in [6, 6.07) is 8.60. The van der Waals surface area contributed by atoms with Crippen molar-refractivity contribution in [2.45, 2.75) is 26.7 Å². The normalized spacial score (nSPS) is 12.7. The second kappa shape index (κ2) is 4.26. The van der Waals surface area contributed by atoms with Crippen molar-refractivity contribution in [3.05, 3.63) is 46.0 Å². The van der Waals surface area contributed by atoms with Crippen LogP contribution in [0.3, 0.4) is 0 Å². The van der Waals surface area contributed by atoms with Crippen LogP contribution in [-0.4, -0.2) is 4.98 Å². The molecule has 0 amide bonds. The predicted octanol–water partition coefficient (Wildman–Crippen LogP) is 3.49. The fourth-order valence-corrected chi connectivity index (χ4v) is 2.84. The first-order chi connectivity index (χ1) is 7.58. The van der Waals surface area contributed by atoms with Crippen LogP contribution in [0.2, 0.25) is 0 Å². The molecule has 2 nitrogen and oxygen atoms in total.